The summed E-state index contributed by atoms with van der Waals surface area (Å²) in [6.07, 6.45) is -4.56. The van der Waals surface area contributed by atoms with Crippen LogP contribution in [-0.2, 0) is 15.8 Å². The zero-order chi connectivity index (χ0) is 19.3. The minimum atomic E-state index is -4.56. The minimum Gasteiger partial charge on any atom is -0.374 e. The van der Waals surface area contributed by atoms with Gasteiger partial charge in [-0.15, -0.1) is 0 Å². The smallest absolute Gasteiger partial charge is 0.374 e. The fourth-order valence-electron chi connectivity index (χ4n) is 2.25. The van der Waals surface area contributed by atoms with Gasteiger partial charge in [-0.25, -0.2) is 0 Å². The molecule has 8 heteroatoms. The van der Waals surface area contributed by atoms with E-state index in [4.69, 9.17) is 0 Å². The lowest BCUT2D eigenvalue weighted by Crippen LogP contribution is -2.32. The number of nitrogens with one attached hydrogen (secondary N) is 3. The van der Waals surface area contributed by atoms with Crippen LogP contribution in [0.2, 0.25) is 0 Å². The summed E-state index contributed by atoms with van der Waals surface area (Å²) in [6.45, 7) is 2.92. The Morgan fingerprint density at radius 2 is 1.50 bits per heavy atom. The van der Waals surface area contributed by atoms with Crippen LogP contribution in [0, 0.1) is 0 Å². The Hall–Kier alpha value is -3.03. The van der Waals surface area contributed by atoms with Crippen LogP contribution in [0.4, 0.5) is 30.2 Å². The predicted octanol–water partition coefficient (Wildman–Crippen LogP) is 4.10. The van der Waals surface area contributed by atoms with Gasteiger partial charge in [0.25, 0.3) is 0 Å². The quantitative estimate of drug-likeness (QED) is 0.747. The monoisotopic (exact) mass is 365 g/mol. The van der Waals surface area contributed by atoms with Crippen LogP contribution in [0.25, 0.3) is 0 Å². The molecule has 0 saturated heterocycles. The second kappa shape index (κ2) is 7.90. The maximum Gasteiger partial charge on any atom is 0.418 e. The molecule has 2 amide bonds. The molecule has 0 fully saturated rings. The summed E-state index contributed by atoms with van der Waals surface area (Å²) >= 11 is 0. The first kappa shape index (κ1) is 19.3. The number of hydrogen-bond acceptors (Lipinski definition) is 3. The lowest BCUT2D eigenvalue weighted by Gasteiger charge is -2.18. The van der Waals surface area contributed by atoms with Crippen LogP contribution in [0.5, 0.6) is 0 Å². The fourth-order valence-corrected chi connectivity index (χ4v) is 2.25. The molecule has 0 bridgehead atoms. The maximum atomic E-state index is 13.0. The molecule has 0 heterocycles. The SMILES string of the molecule is CC(=O)Nc1ccc(NC(C)C(=O)Nc2ccccc2C(F)(F)F)cc1. The molecule has 0 aliphatic carbocycles. The third kappa shape index (κ3) is 5.23. The van der Waals surface area contributed by atoms with Crippen molar-refractivity contribution in [3.63, 3.8) is 0 Å². The maximum absolute atomic E-state index is 13.0. The van der Waals surface area contributed by atoms with Crippen molar-refractivity contribution in [2.45, 2.75) is 26.1 Å². The molecule has 1 atom stereocenters. The lowest BCUT2D eigenvalue weighted by molar-refractivity contribution is -0.137. The van der Waals surface area contributed by atoms with Gasteiger partial charge in [0.15, 0.2) is 0 Å². The van der Waals surface area contributed by atoms with Crippen molar-refractivity contribution in [3.05, 3.63) is 54.1 Å². The number of carbonyl (C=O) groups excluding carboxylic acids is 2. The van der Waals surface area contributed by atoms with Crippen molar-refractivity contribution in [1.82, 2.24) is 0 Å². The highest BCUT2D eigenvalue weighted by molar-refractivity contribution is 5.97. The second-order valence-corrected chi connectivity index (χ2v) is 5.66. The van der Waals surface area contributed by atoms with Gasteiger partial charge in [-0.05, 0) is 43.3 Å². The molecule has 5 nitrogen and oxygen atoms in total. The number of hydrogen-bond donors (Lipinski definition) is 3. The number of para-hydroxylation sites is 1. The summed E-state index contributed by atoms with van der Waals surface area (Å²) in [5, 5.41) is 7.80. The molecule has 0 spiro atoms. The van der Waals surface area contributed by atoms with E-state index in [2.05, 4.69) is 16.0 Å². The molecule has 0 aromatic heterocycles. The number of halogens is 3. The van der Waals surface area contributed by atoms with E-state index in [1.165, 1.54) is 32.0 Å². The summed E-state index contributed by atoms with van der Waals surface area (Å²) in [5.74, 6) is -0.811. The molecule has 2 aromatic rings. The highest BCUT2D eigenvalue weighted by Gasteiger charge is 2.33. The molecular weight excluding hydrogens is 347 g/mol. The number of anilines is 3. The Bertz CT molecular complexity index is 789. The van der Waals surface area contributed by atoms with Gasteiger partial charge in [0.1, 0.15) is 6.04 Å². The van der Waals surface area contributed by atoms with Gasteiger partial charge in [-0.1, -0.05) is 12.1 Å². The normalized spacial score (nSPS) is 12.2. The van der Waals surface area contributed by atoms with Crippen LogP contribution in [0.3, 0.4) is 0 Å². The first-order chi connectivity index (χ1) is 12.2. The molecule has 2 aromatic carbocycles. The van der Waals surface area contributed by atoms with E-state index in [0.29, 0.717) is 11.4 Å². The summed E-state index contributed by atoms with van der Waals surface area (Å²) in [5.41, 5.74) is -0.00927. The van der Waals surface area contributed by atoms with Gasteiger partial charge in [-0.3, -0.25) is 9.59 Å². The van der Waals surface area contributed by atoms with Crippen molar-refractivity contribution < 1.29 is 22.8 Å². The van der Waals surface area contributed by atoms with E-state index in [0.717, 1.165) is 6.07 Å². The van der Waals surface area contributed by atoms with Gasteiger partial charge < -0.3 is 16.0 Å². The lowest BCUT2D eigenvalue weighted by atomic mass is 10.1. The molecule has 138 valence electrons. The van der Waals surface area contributed by atoms with Gasteiger partial charge in [0.2, 0.25) is 11.8 Å². The van der Waals surface area contributed by atoms with E-state index in [1.54, 1.807) is 24.3 Å². The molecule has 26 heavy (non-hydrogen) atoms. The molecular formula is C18H18F3N3O2. The number of carbonyl (C=O) groups is 2. The standard InChI is InChI=1S/C18H18F3N3O2/c1-11(22-13-7-9-14(10-8-13)23-12(2)25)17(26)24-16-6-4-3-5-15(16)18(19,20)21/h3-11,22H,1-2H3,(H,23,25)(H,24,26). The average molecular weight is 365 g/mol. The molecule has 3 N–H and O–H groups in total. The molecule has 0 saturated carbocycles. The van der Waals surface area contributed by atoms with Crippen LogP contribution in [0.1, 0.15) is 19.4 Å². The Labute approximate surface area is 148 Å². The molecule has 0 aliphatic heterocycles. The van der Waals surface area contributed by atoms with E-state index in [1.807, 2.05) is 0 Å². The minimum absolute atomic E-state index is 0.207. The molecule has 0 aliphatic rings. The number of benzene rings is 2. The zero-order valence-electron chi connectivity index (χ0n) is 14.1. The summed E-state index contributed by atoms with van der Waals surface area (Å²) in [7, 11) is 0. The van der Waals surface area contributed by atoms with Gasteiger partial charge >= 0.3 is 6.18 Å². The van der Waals surface area contributed by atoms with E-state index >= 15 is 0 Å². The highest BCUT2D eigenvalue weighted by atomic mass is 19.4. The fraction of sp³-hybridized carbons (Fsp3) is 0.222. The van der Waals surface area contributed by atoms with Crippen LogP contribution in [0.15, 0.2) is 48.5 Å². The summed E-state index contributed by atoms with van der Waals surface area (Å²) in [6, 6.07) is 10.6. The van der Waals surface area contributed by atoms with Gasteiger partial charge in [-0.2, -0.15) is 13.2 Å². The average Bonchev–Trinajstić information content (AvgIpc) is 2.55. The van der Waals surface area contributed by atoms with Crippen molar-refractivity contribution in [2.24, 2.45) is 0 Å². The van der Waals surface area contributed by atoms with Gasteiger partial charge in [0.05, 0.1) is 11.3 Å². The summed E-state index contributed by atoms with van der Waals surface area (Å²) < 4.78 is 38.9. The van der Waals surface area contributed by atoms with Crippen LogP contribution < -0.4 is 16.0 Å². The Balaban J connectivity index is 2.03. The predicted molar refractivity (Wildman–Crippen MR) is 93.9 cm³/mol. The van der Waals surface area contributed by atoms with Gasteiger partial charge in [0, 0.05) is 18.3 Å². The Kier molecular flexibility index (Phi) is 5.86. The Morgan fingerprint density at radius 1 is 0.923 bits per heavy atom. The zero-order valence-corrected chi connectivity index (χ0v) is 14.1. The molecule has 1 unspecified atom stereocenters. The van der Waals surface area contributed by atoms with Crippen LogP contribution in [-0.4, -0.2) is 17.9 Å². The van der Waals surface area contributed by atoms with Crippen molar-refractivity contribution in [1.29, 1.82) is 0 Å². The number of rotatable bonds is 5. The molecule has 0 radical (unpaired) electrons. The Morgan fingerprint density at radius 3 is 2.08 bits per heavy atom. The van der Waals surface area contributed by atoms with Crippen LogP contribution >= 0.6 is 0 Å². The third-order valence-electron chi connectivity index (χ3n) is 3.47. The largest absolute Gasteiger partial charge is 0.418 e. The third-order valence-corrected chi connectivity index (χ3v) is 3.47. The van der Waals surface area contributed by atoms with Crippen molar-refractivity contribution in [2.75, 3.05) is 16.0 Å². The number of amides is 2. The van der Waals surface area contributed by atoms with Crippen molar-refractivity contribution in [3.8, 4) is 0 Å². The van der Waals surface area contributed by atoms with Crippen molar-refractivity contribution >= 4 is 28.9 Å². The van der Waals surface area contributed by atoms with E-state index in [9.17, 15) is 22.8 Å². The first-order valence-electron chi connectivity index (χ1n) is 7.78. The molecule has 2 rings (SSSR count). The van der Waals surface area contributed by atoms with E-state index < -0.39 is 23.7 Å². The van der Waals surface area contributed by atoms with E-state index in [-0.39, 0.29) is 11.6 Å². The topological polar surface area (TPSA) is 70.2 Å². The number of alkyl halides is 3. The summed E-state index contributed by atoms with van der Waals surface area (Å²) in [4.78, 5) is 23.2. The highest BCUT2D eigenvalue weighted by Crippen LogP contribution is 2.34. The second-order valence-electron chi connectivity index (χ2n) is 5.66. The first-order valence-corrected chi connectivity index (χ1v) is 7.78.